The monoisotopic (exact) mass is 265 g/mol. The van der Waals surface area contributed by atoms with E-state index in [2.05, 4.69) is 5.32 Å². The molecule has 0 aliphatic rings. The minimum atomic E-state index is -0.361. The van der Waals surface area contributed by atoms with Crippen molar-refractivity contribution in [3.05, 3.63) is 64.4 Å². The van der Waals surface area contributed by atoms with Gasteiger partial charge in [0.05, 0.1) is 6.61 Å². The maximum atomic E-state index is 13.1. The molecule has 0 saturated carbocycles. The van der Waals surface area contributed by atoms with Crippen LogP contribution in [0.4, 0.5) is 10.1 Å². The quantitative estimate of drug-likeness (QED) is 0.886. The summed E-state index contributed by atoms with van der Waals surface area (Å²) >= 11 is 5.76. The fourth-order valence-corrected chi connectivity index (χ4v) is 1.84. The summed E-state index contributed by atoms with van der Waals surface area (Å²) in [5, 5.41) is 12.4. The largest absolute Gasteiger partial charge is 0.392 e. The number of halogens is 2. The molecule has 2 aromatic rings. The zero-order valence-corrected chi connectivity index (χ0v) is 10.4. The first-order chi connectivity index (χ1) is 8.67. The van der Waals surface area contributed by atoms with Gasteiger partial charge in [0.1, 0.15) is 5.82 Å². The first kappa shape index (κ1) is 12.9. The average Bonchev–Trinajstić information content (AvgIpc) is 2.36. The Bertz CT molecular complexity index is 508. The summed E-state index contributed by atoms with van der Waals surface area (Å²) in [7, 11) is 0. The summed E-state index contributed by atoms with van der Waals surface area (Å²) in [6, 6.07) is 11.9. The molecule has 0 amide bonds. The number of nitrogens with one attached hydrogen (secondary N) is 1. The van der Waals surface area contributed by atoms with Gasteiger partial charge >= 0.3 is 0 Å². The number of anilines is 1. The smallest absolute Gasteiger partial charge is 0.126 e. The van der Waals surface area contributed by atoms with Crippen LogP contribution in [0.15, 0.2) is 42.5 Å². The number of benzene rings is 2. The van der Waals surface area contributed by atoms with E-state index in [0.29, 0.717) is 17.3 Å². The van der Waals surface area contributed by atoms with E-state index in [0.717, 1.165) is 11.1 Å². The molecule has 0 aliphatic heterocycles. The average molecular weight is 266 g/mol. The van der Waals surface area contributed by atoms with E-state index in [4.69, 9.17) is 16.7 Å². The van der Waals surface area contributed by atoms with Crippen LogP contribution in [0, 0.1) is 5.82 Å². The zero-order chi connectivity index (χ0) is 13.0. The van der Waals surface area contributed by atoms with Crippen molar-refractivity contribution in [3.8, 4) is 0 Å². The predicted octanol–water partition coefficient (Wildman–Crippen LogP) is 3.58. The Balaban J connectivity index is 2.01. The third-order valence-electron chi connectivity index (χ3n) is 2.56. The van der Waals surface area contributed by atoms with Crippen LogP contribution in [0.25, 0.3) is 0 Å². The normalized spacial score (nSPS) is 10.4. The Labute approximate surface area is 110 Å². The second kappa shape index (κ2) is 5.85. The van der Waals surface area contributed by atoms with Crippen molar-refractivity contribution in [2.75, 3.05) is 5.32 Å². The molecule has 2 rings (SSSR count). The van der Waals surface area contributed by atoms with Crippen molar-refractivity contribution in [1.82, 2.24) is 0 Å². The van der Waals surface area contributed by atoms with Crippen LogP contribution in [0.1, 0.15) is 11.1 Å². The van der Waals surface area contributed by atoms with Crippen LogP contribution >= 0.6 is 11.6 Å². The van der Waals surface area contributed by atoms with E-state index in [1.165, 1.54) is 12.1 Å². The predicted molar refractivity (Wildman–Crippen MR) is 71.1 cm³/mol. The summed E-state index contributed by atoms with van der Waals surface area (Å²) in [5.41, 5.74) is 2.56. The van der Waals surface area contributed by atoms with Gasteiger partial charge in [0.15, 0.2) is 0 Å². The Morgan fingerprint density at radius 2 is 1.72 bits per heavy atom. The summed E-state index contributed by atoms with van der Waals surface area (Å²) in [6.45, 7) is 0.610. The van der Waals surface area contributed by atoms with Gasteiger partial charge in [-0.05, 0) is 29.3 Å². The Morgan fingerprint density at radius 1 is 1.06 bits per heavy atom. The lowest BCUT2D eigenvalue weighted by molar-refractivity contribution is 0.282. The van der Waals surface area contributed by atoms with Gasteiger partial charge in [-0.1, -0.05) is 35.9 Å². The van der Waals surface area contributed by atoms with E-state index in [1.54, 1.807) is 6.07 Å². The van der Waals surface area contributed by atoms with E-state index < -0.39 is 0 Å². The third kappa shape index (κ3) is 3.45. The molecule has 0 spiro atoms. The number of hydrogen-bond acceptors (Lipinski definition) is 2. The van der Waals surface area contributed by atoms with Gasteiger partial charge < -0.3 is 10.4 Å². The Hall–Kier alpha value is -1.58. The van der Waals surface area contributed by atoms with Crippen LogP contribution in [-0.2, 0) is 13.2 Å². The van der Waals surface area contributed by atoms with Crippen molar-refractivity contribution in [1.29, 1.82) is 0 Å². The molecule has 94 valence electrons. The Kier molecular flexibility index (Phi) is 4.18. The van der Waals surface area contributed by atoms with E-state index in [9.17, 15) is 4.39 Å². The van der Waals surface area contributed by atoms with Crippen molar-refractivity contribution >= 4 is 17.3 Å². The van der Waals surface area contributed by atoms with Crippen molar-refractivity contribution < 1.29 is 9.50 Å². The number of hydrogen-bond donors (Lipinski definition) is 2. The third-order valence-corrected chi connectivity index (χ3v) is 2.78. The van der Waals surface area contributed by atoms with Gasteiger partial charge in [-0.3, -0.25) is 0 Å². The number of rotatable bonds is 4. The van der Waals surface area contributed by atoms with Crippen molar-refractivity contribution in [3.63, 3.8) is 0 Å². The lowest BCUT2D eigenvalue weighted by Gasteiger charge is -2.07. The maximum Gasteiger partial charge on any atom is 0.126 e. The molecule has 4 heteroatoms. The van der Waals surface area contributed by atoms with Gasteiger partial charge in [0, 0.05) is 17.3 Å². The molecular weight excluding hydrogens is 253 g/mol. The molecule has 2 aromatic carbocycles. The molecule has 0 radical (unpaired) electrons. The highest BCUT2D eigenvalue weighted by atomic mass is 35.5. The zero-order valence-electron chi connectivity index (χ0n) is 9.66. The van der Waals surface area contributed by atoms with Crippen LogP contribution < -0.4 is 5.32 Å². The number of aliphatic hydroxyl groups is 1. The molecule has 0 aromatic heterocycles. The Morgan fingerprint density at radius 3 is 2.33 bits per heavy atom. The molecule has 0 atom stereocenters. The minimum absolute atomic E-state index is 0.0349. The lowest BCUT2D eigenvalue weighted by atomic mass is 10.1. The SMILES string of the molecule is OCc1ccc(CNc2cc(F)cc(Cl)c2)cc1. The van der Waals surface area contributed by atoms with Crippen LogP contribution in [0.3, 0.4) is 0 Å². The molecular formula is C14H13ClFNO. The fraction of sp³-hybridized carbons (Fsp3) is 0.143. The van der Waals surface area contributed by atoms with Crippen LogP contribution in [0.5, 0.6) is 0 Å². The lowest BCUT2D eigenvalue weighted by Crippen LogP contribution is -2.00. The topological polar surface area (TPSA) is 32.3 Å². The summed E-state index contributed by atoms with van der Waals surface area (Å²) in [4.78, 5) is 0. The highest BCUT2D eigenvalue weighted by molar-refractivity contribution is 6.30. The van der Waals surface area contributed by atoms with E-state index in [-0.39, 0.29) is 12.4 Å². The van der Waals surface area contributed by atoms with Gasteiger partial charge in [0.25, 0.3) is 0 Å². The fourth-order valence-electron chi connectivity index (χ4n) is 1.62. The first-order valence-electron chi connectivity index (χ1n) is 5.56. The highest BCUT2D eigenvalue weighted by Crippen LogP contribution is 2.18. The van der Waals surface area contributed by atoms with Crippen molar-refractivity contribution in [2.24, 2.45) is 0 Å². The van der Waals surface area contributed by atoms with Gasteiger partial charge in [-0.2, -0.15) is 0 Å². The second-order valence-corrected chi connectivity index (χ2v) is 4.42. The highest BCUT2D eigenvalue weighted by Gasteiger charge is 1.99. The summed E-state index contributed by atoms with van der Waals surface area (Å²) in [6.07, 6.45) is 0. The maximum absolute atomic E-state index is 13.1. The molecule has 0 bridgehead atoms. The molecule has 2 N–H and O–H groups in total. The molecule has 0 saturated heterocycles. The molecule has 18 heavy (non-hydrogen) atoms. The molecule has 0 heterocycles. The number of aliphatic hydroxyl groups excluding tert-OH is 1. The van der Waals surface area contributed by atoms with E-state index >= 15 is 0 Å². The standard InChI is InChI=1S/C14H13ClFNO/c15-12-5-13(16)7-14(6-12)17-8-10-1-3-11(9-18)4-2-10/h1-7,17-18H,8-9H2. The van der Waals surface area contributed by atoms with E-state index in [1.807, 2.05) is 24.3 Å². The molecule has 0 aliphatic carbocycles. The van der Waals surface area contributed by atoms with Crippen LogP contribution in [0.2, 0.25) is 5.02 Å². The summed E-state index contributed by atoms with van der Waals surface area (Å²) < 4.78 is 13.1. The molecule has 0 fully saturated rings. The second-order valence-electron chi connectivity index (χ2n) is 3.99. The van der Waals surface area contributed by atoms with Gasteiger partial charge in [-0.25, -0.2) is 4.39 Å². The van der Waals surface area contributed by atoms with Crippen LogP contribution in [-0.4, -0.2) is 5.11 Å². The summed E-state index contributed by atoms with van der Waals surface area (Å²) in [5.74, 6) is -0.361. The minimum Gasteiger partial charge on any atom is -0.392 e. The molecule has 2 nitrogen and oxygen atoms in total. The first-order valence-corrected chi connectivity index (χ1v) is 5.94. The van der Waals surface area contributed by atoms with Gasteiger partial charge in [-0.15, -0.1) is 0 Å². The molecule has 0 unspecified atom stereocenters. The van der Waals surface area contributed by atoms with Crippen molar-refractivity contribution in [2.45, 2.75) is 13.2 Å². The van der Waals surface area contributed by atoms with Gasteiger partial charge in [0.2, 0.25) is 0 Å².